The molecule has 3 aromatic rings. The Hall–Kier alpha value is -3.40. The molecule has 0 bridgehead atoms. The van der Waals surface area contributed by atoms with Crippen LogP contribution in [0.5, 0.6) is 0 Å². The molecule has 2 fully saturated rings. The van der Waals surface area contributed by atoms with Crippen molar-refractivity contribution in [2.45, 2.75) is 51.1 Å². The second-order valence-electron chi connectivity index (χ2n) is 9.93. The quantitative estimate of drug-likeness (QED) is 0.527. The van der Waals surface area contributed by atoms with Gasteiger partial charge in [0, 0.05) is 44.2 Å². The van der Waals surface area contributed by atoms with Crippen molar-refractivity contribution in [3.63, 3.8) is 0 Å². The normalized spacial score (nSPS) is 20.9. The minimum Gasteiger partial charge on any atom is -0.365 e. The average molecular weight is 497 g/mol. The topological polar surface area (TPSA) is 94.2 Å². The molecule has 5 rings (SSSR count). The van der Waals surface area contributed by atoms with Crippen molar-refractivity contribution in [1.82, 2.24) is 25.2 Å². The highest BCUT2D eigenvalue weighted by Gasteiger charge is 2.33. The standard InChI is InChI=1S/C26H30F2N6O2/c1-15(2)29-26(36)21-7-8-22(23(28)30-21)34-11-9-33(10-12-34)18-5-3-16(13-18)24-31-20-6-4-17(27)14-19(20)25(35)32-24/h4,6-8,14-16,18H,3,5,9-13H2,1-2H3,(H,29,36)(H,31,32,35)/t16-,18-/m1/s1. The van der Waals surface area contributed by atoms with Gasteiger partial charge in [-0.2, -0.15) is 4.39 Å². The summed E-state index contributed by atoms with van der Waals surface area (Å²) in [6.07, 6.45) is 2.79. The maximum absolute atomic E-state index is 14.7. The van der Waals surface area contributed by atoms with Gasteiger partial charge in [-0.05, 0) is 63.4 Å². The van der Waals surface area contributed by atoms with Gasteiger partial charge in [-0.25, -0.2) is 14.4 Å². The summed E-state index contributed by atoms with van der Waals surface area (Å²) in [5, 5.41) is 2.99. The average Bonchev–Trinajstić information content (AvgIpc) is 3.34. The second-order valence-corrected chi connectivity index (χ2v) is 9.93. The van der Waals surface area contributed by atoms with E-state index in [1.165, 1.54) is 12.1 Å². The van der Waals surface area contributed by atoms with E-state index in [9.17, 15) is 18.4 Å². The third kappa shape index (κ3) is 4.95. The molecule has 1 aromatic carbocycles. The maximum Gasteiger partial charge on any atom is 0.270 e. The molecule has 1 amide bonds. The van der Waals surface area contributed by atoms with Crippen molar-refractivity contribution < 1.29 is 13.6 Å². The summed E-state index contributed by atoms with van der Waals surface area (Å²) >= 11 is 0. The van der Waals surface area contributed by atoms with Crippen LogP contribution in [-0.4, -0.2) is 64.0 Å². The Bertz CT molecular complexity index is 1340. The number of nitrogens with zero attached hydrogens (tertiary/aromatic N) is 4. The number of aromatic amines is 1. The fourth-order valence-corrected chi connectivity index (χ4v) is 5.31. The number of anilines is 1. The first-order chi connectivity index (χ1) is 17.3. The van der Waals surface area contributed by atoms with E-state index >= 15 is 0 Å². The van der Waals surface area contributed by atoms with E-state index in [0.29, 0.717) is 36.2 Å². The van der Waals surface area contributed by atoms with Crippen molar-refractivity contribution in [3.05, 3.63) is 64.0 Å². The molecule has 8 nitrogen and oxygen atoms in total. The second kappa shape index (κ2) is 9.93. The Morgan fingerprint density at radius 2 is 1.86 bits per heavy atom. The van der Waals surface area contributed by atoms with Crippen LogP contribution in [0.25, 0.3) is 10.9 Å². The van der Waals surface area contributed by atoms with Gasteiger partial charge in [0.1, 0.15) is 17.3 Å². The number of carbonyl (C=O) groups excluding carboxylic acids is 1. The van der Waals surface area contributed by atoms with Crippen LogP contribution in [0.4, 0.5) is 14.5 Å². The maximum atomic E-state index is 14.7. The van der Waals surface area contributed by atoms with Crippen LogP contribution in [0, 0.1) is 11.8 Å². The molecular weight excluding hydrogens is 466 g/mol. The van der Waals surface area contributed by atoms with Gasteiger partial charge in [-0.3, -0.25) is 14.5 Å². The highest BCUT2D eigenvalue weighted by atomic mass is 19.1. The van der Waals surface area contributed by atoms with Crippen LogP contribution < -0.4 is 15.8 Å². The molecule has 1 saturated carbocycles. The number of carbonyl (C=O) groups is 1. The van der Waals surface area contributed by atoms with Crippen LogP contribution in [0.15, 0.2) is 35.1 Å². The van der Waals surface area contributed by atoms with Gasteiger partial charge in [-0.15, -0.1) is 0 Å². The van der Waals surface area contributed by atoms with Crippen molar-refractivity contribution >= 4 is 22.5 Å². The monoisotopic (exact) mass is 496 g/mol. The summed E-state index contributed by atoms with van der Waals surface area (Å²) in [4.78, 5) is 40.3. The van der Waals surface area contributed by atoms with E-state index in [2.05, 4.69) is 25.2 Å². The lowest BCUT2D eigenvalue weighted by Gasteiger charge is -2.39. The lowest BCUT2D eigenvalue weighted by atomic mass is 10.1. The third-order valence-corrected chi connectivity index (χ3v) is 7.13. The number of fused-ring (bicyclic) bond motifs is 1. The Morgan fingerprint density at radius 3 is 2.58 bits per heavy atom. The number of halogens is 2. The van der Waals surface area contributed by atoms with Crippen molar-refractivity contribution in [3.8, 4) is 0 Å². The number of rotatable bonds is 5. The number of H-pyrrole nitrogens is 1. The minimum atomic E-state index is -0.632. The van der Waals surface area contributed by atoms with Gasteiger partial charge in [0.2, 0.25) is 5.95 Å². The van der Waals surface area contributed by atoms with E-state index < -0.39 is 11.8 Å². The summed E-state index contributed by atoms with van der Waals surface area (Å²) in [6, 6.07) is 7.59. The van der Waals surface area contributed by atoms with Crippen molar-refractivity contribution in [1.29, 1.82) is 0 Å². The van der Waals surface area contributed by atoms with Crippen LogP contribution in [-0.2, 0) is 0 Å². The summed E-state index contributed by atoms with van der Waals surface area (Å²) in [5.41, 5.74) is 0.686. The van der Waals surface area contributed by atoms with Crippen LogP contribution in [0.2, 0.25) is 0 Å². The number of piperazine rings is 1. The number of aromatic nitrogens is 3. The molecule has 1 aliphatic carbocycles. The van der Waals surface area contributed by atoms with E-state index in [1.54, 1.807) is 18.2 Å². The van der Waals surface area contributed by atoms with E-state index in [4.69, 9.17) is 0 Å². The lowest BCUT2D eigenvalue weighted by molar-refractivity contribution is 0.0937. The summed E-state index contributed by atoms with van der Waals surface area (Å²) < 4.78 is 28.2. The molecule has 1 aliphatic heterocycles. The van der Waals surface area contributed by atoms with E-state index in [1.807, 2.05) is 18.7 Å². The molecule has 0 spiro atoms. The Balaban J connectivity index is 1.20. The zero-order chi connectivity index (χ0) is 25.4. The molecule has 2 aliphatic rings. The molecule has 10 heteroatoms. The number of pyridine rings is 1. The number of nitrogens with one attached hydrogen (secondary N) is 2. The number of hydrogen-bond acceptors (Lipinski definition) is 6. The fourth-order valence-electron chi connectivity index (χ4n) is 5.31. The molecule has 2 N–H and O–H groups in total. The van der Waals surface area contributed by atoms with Gasteiger partial charge in [0.05, 0.1) is 16.6 Å². The smallest absolute Gasteiger partial charge is 0.270 e. The zero-order valence-electron chi connectivity index (χ0n) is 20.4. The summed E-state index contributed by atoms with van der Waals surface area (Å²) in [6.45, 7) is 6.58. The summed E-state index contributed by atoms with van der Waals surface area (Å²) in [5.74, 6) is -0.667. The highest BCUT2D eigenvalue weighted by molar-refractivity contribution is 5.92. The van der Waals surface area contributed by atoms with Gasteiger partial charge in [0.25, 0.3) is 11.5 Å². The molecular formula is C26H30F2N6O2. The van der Waals surface area contributed by atoms with Crippen molar-refractivity contribution in [2.75, 3.05) is 31.1 Å². The first kappa shape index (κ1) is 24.3. The molecule has 190 valence electrons. The zero-order valence-corrected chi connectivity index (χ0v) is 20.4. The fraction of sp³-hybridized carbons (Fsp3) is 0.462. The van der Waals surface area contributed by atoms with Gasteiger partial charge < -0.3 is 15.2 Å². The third-order valence-electron chi connectivity index (χ3n) is 7.13. The first-order valence-electron chi connectivity index (χ1n) is 12.4. The molecule has 0 radical (unpaired) electrons. The largest absolute Gasteiger partial charge is 0.365 e. The molecule has 2 atom stereocenters. The predicted molar refractivity (Wildman–Crippen MR) is 133 cm³/mol. The van der Waals surface area contributed by atoms with Gasteiger partial charge in [-0.1, -0.05) is 0 Å². The van der Waals surface area contributed by atoms with E-state index in [0.717, 1.165) is 32.4 Å². The van der Waals surface area contributed by atoms with Crippen molar-refractivity contribution in [2.24, 2.45) is 0 Å². The number of benzene rings is 1. The lowest BCUT2D eigenvalue weighted by Crippen LogP contribution is -2.50. The Kier molecular flexibility index (Phi) is 6.70. The molecule has 3 heterocycles. The number of hydrogen-bond donors (Lipinski definition) is 2. The van der Waals surface area contributed by atoms with Crippen LogP contribution in [0.3, 0.4) is 0 Å². The minimum absolute atomic E-state index is 0.0489. The highest BCUT2D eigenvalue weighted by Crippen LogP contribution is 2.36. The number of amides is 1. The molecule has 2 aromatic heterocycles. The Morgan fingerprint density at radius 1 is 1.08 bits per heavy atom. The van der Waals surface area contributed by atoms with E-state index in [-0.39, 0.29) is 34.5 Å². The van der Waals surface area contributed by atoms with Gasteiger partial charge in [0.15, 0.2) is 0 Å². The van der Waals surface area contributed by atoms with Crippen LogP contribution in [0.1, 0.15) is 55.3 Å². The molecule has 0 unspecified atom stereocenters. The predicted octanol–water partition coefficient (Wildman–Crippen LogP) is 3.19. The van der Waals surface area contributed by atoms with Crippen LogP contribution >= 0.6 is 0 Å². The first-order valence-corrected chi connectivity index (χ1v) is 12.4. The molecule has 36 heavy (non-hydrogen) atoms. The summed E-state index contributed by atoms with van der Waals surface area (Å²) in [7, 11) is 0. The van der Waals surface area contributed by atoms with Gasteiger partial charge >= 0.3 is 0 Å². The SMILES string of the molecule is CC(C)NC(=O)c1ccc(N2CCN([C@@H]3CC[C@@H](c4nc5ccc(F)cc5c(=O)[nH]4)C3)CC2)c(F)n1. The molecule has 1 saturated heterocycles. The Labute approximate surface area is 207 Å².